The maximum Gasteiger partial charge on any atom is 0.267 e. The number of benzene rings is 1. The summed E-state index contributed by atoms with van der Waals surface area (Å²) in [5.41, 5.74) is 1.53. The summed E-state index contributed by atoms with van der Waals surface area (Å²) >= 11 is 7.94. The van der Waals surface area contributed by atoms with Gasteiger partial charge in [-0.2, -0.15) is 0 Å². The lowest BCUT2D eigenvalue weighted by atomic mass is 10.3. The van der Waals surface area contributed by atoms with Crippen LogP contribution in [0.25, 0.3) is 10.2 Å². The summed E-state index contributed by atoms with van der Waals surface area (Å²) < 4.78 is 0.911. The van der Waals surface area contributed by atoms with E-state index in [1.54, 1.807) is 6.07 Å². The molecule has 2 amide bonds. The SMILES string of the molecule is CCCC(=O)Nc1nc2ccc(NC(=S)NC(=O)c3cccs3)cc2s1. The highest BCUT2D eigenvalue weighted by Crippen LogP contribution is 2.28. The van der Waals surface area contributed by atoms with Gasteiger partial charge < -0.3 is 10.6 Å². The molecule has 3 N–H and O–H groups in total. The average Bonchev–Trinajstić information content (AvgIpc) is 3.23. The second-order valence-corrected chi connectivity index (χ2v) is 7.77. The van der Waals surface area contributed by atoms with Gasteiger partial charge in [-0.1, -0.05) is 24.3 Å². The van der Waals surface area contributed by atoms with Gasteiger partial charge in [0.2, 0.25) is 5.91 Å². The van der Waals surface area contributed by atoms with E-state index in [1.807, 2.05) is 36.6 Å². The van der Waals surface area contributed by atoms with Gasteiger partial charge in [0.1, 0.15) is 0 Å². The predicted molar refractivity (Wildman–Crippen MR) is 111 cm³/mol. The zero-order chi connectivity index (χ0) is 18.5. The van der Waals surface area contributed by atoms with Gasteiger partial charge in [0.25, 0.3) is 5.91 Å². The fourth-order valence-electron chi connectivity index (χ4n) is 2.20. The number of aromatic nitrogens is 1. The molecule has 0 spiro atoms. The molecule has 6 nitrogen and oxygen atoms in total. The average molecular weight is 405 g/mol. The molecule has 2 heterocycles. The molecule has 134 valence electrons. The number of thiazole rings is 1. The molecule has 0 fully saturated rings. The third-order valence-electron chi connectivity index (χ3n) is 3.34. The Balaban J connectivity index is 1.65. The summed E-state index contributed by atoms with van der Waals surface area (Å²) in [5, 5.41) is 11.1. The molecule has 0 unspecified atom stereocenters. The summed E-state index contributed by atoms with van der Waals surface area (Å²) in [6.07, 6.45) is 1.26. The number of thiocarbonyl (C=S) groups is 1. The highest BCUT2D eigenvalue weighted by molar-refractivity contribution is 7.80. The van der Waals surface area contributed by atoms with Crippen molar-refractivity contribution in [1.82, 2.24) is 10.3 Å². The zero-order valence-electron chi connectivity index (χ0n) is 13.9. The van der Waals surface area contributed by atoms with Gasteiger partial charge in [0.05, 0.1) is 15.1 Å². The standard InChI is InChI=1S/C17H16N4O2S3/c1-2-4-14(22)20-17-19-11-7-6-10(9-13(11)26-17)18-16(24)21-15(23)12-5-3-8-25-12/h3,5-9H,2,4H2,1H3,(H,19,20,22)(H2,18,21,23,24). The maximum absolute atomic E-state index is 12.0. The summed E-state index contributed by atoms with van der Waals surface area (Å²) in [6, 6.07) is 9.09. The molecule has 0 bridgehead atoms. The molecule has 2 aromatic heterocycles. The minimum absolute atomic E-state index is 0.0395. The first kappa shape index (κ1) is 18.4. The van der Waals surface area contributed by atoms with Crippen molar-refractivity contribution in [3.8, 4) is 0 Å². The molecule has 0 saturated carbocycles. The first-order valence-corrected chi connectivity index (χ1v) is 10.0. The topological polar surface area (TPSA) is 83.1 Å². The van der Waals surface area contributed by atoms with Crippen LogP contribution in [0.3, 0.4) is 0 Å². The number of nitrogens with one attached hydrogen (secondary N) is 3. The number of carbonyl (C=O) groups is 2. The molecule has 3 rings (SSSR count). The molecule has 3 aromatic rings. The Labute approximate surface area is 163 Å². The Kier molecular flexibility index (Phi) is 5.92. The molecule has 26 heavy (non-hydrogen) atoms. The number of thiophene rings is 1. The Morgan fingerprint density at radius 2 is 2.08 bits per heavy atom. The minimum Gasteiger partial charge on any atom is -0.332 e. The van der Waals surface area contributed by atoms with E-state index < -0.39 is 0 Å². The number of hydrogen-bond acceptors (Lipinski definition) is 6. The van der Waals surface area contributed by atoms with Gasteiger partial charge in [-0.15, -0.1) is 11.3 Å². The van der Waals surface area contributed by atoms with Crippen LogP contribution in [-0.2, 0) is 4.79 Å². The fraction of sp³-hybridized carbons (Fsp3) is 0.176. The minimum atomic E-state index is -0.239. The molecule has 0 saturated heterocycles. The van der Waals surface area contributed by atoms with Crippen LogP contribution in [0.15, 0.2) is 35.7 Å². The monoisotopic (exact) mass is 404 g/mol. The molecular weight excluding hydrogens is 388 g/mol. The first-order valence-electron chi connectivity index (χ1n) is 7.91. The van der Waals surface area contributed by atoms with Gasteiger partial charge in [-0.3, -0.25) is 14.9 Å². The Morgan fingerprint density at radius 1 is 1.23 bits per heavy atom. The predicted octanol–water partition coefficient (Wildman–Crippen LogP) is 4.22. The van der Waals surface area contributed by atoms with Crippen LogP contribution in [0.5, 0.6) is 0 Å². The molecule has 9 heteroatoms. The highest BCUT2D eigenvalue weighted by Gasteiger charge is 2.10. The Bertz CT molecular complexity index is 950. The largest absolute Gasteiger partial charge is 0.332 e. The van der Waals surface area contributed by atoms with Crippen molar-refractivity contribution < 1.29 is 9.59 Å². The lowest BCUT2D eigenvalue weighted by molar-refractivity contribution is -0.116. The number of amides is 2. The van der Waals surface area contributed by atoms with Crippen molar-refractivity contribution in [2.75, 3.05) is 10.6 Å². The van der Waals surface area contributed by atoms with Gasteiger partial charge in [-0.05, 0) is 48.3 Å². The van der Waals surface area contributed by atoms with Crippen LogP contribution in [0.2, 0.25) is 0 Å². The maximum atomic E-state index is 12.0. The van der Waals surface area contributed by atoms with E-state index in [9.17, 15) is 9.59 Å². The highest BCUT2D eigenvalue weighted by atomic mass is 32.1. The van der Waals surface area contributed by atoms with E-state index in [2.05, 4.69) is 20.9 Å². The fourth-order valence-corrected chi connectivity index (χ4v) is 3.95. The summed E-state index contributed by atoms with van der Waals surface area (Å²) in [5.74, 6) is -0.278. The first-order chi connectivity index (χ1) is 12.5. The number of carbonyl (C=O) groups excluding carboxylic acids is 2. The Hall–Kier alpha value is -2.36. The summed E-state index contributed by atoms with van der Waals surface area (Å²) in [6.45, 7) is 1.95. The number of hydrogen-bond donors (Lipinski definition) is 3. The van der Waals surface area contributed by atoms with Crippen LogP contribution in [0.1, 0.15) is 29.4 Å². The van der Waals surface area contributed by atoms with E-state index in [-0.39, 0.29) is 16.9 Å². The molecule has 0 aliphatic carbocycles. The third kappa shape index (κ3) is 4.63. The molecule has 1 aromatic carbocycles. The van der Waals surface area contributed by atoms with E-state index >= 15 is 0 Å². The quantitative estimate of drug-likeness (QED) is 0.555. The van der Waals surface area contributed by atoms with E-state index in [4.69, 9.17) is 12.2 Å². The van der Waals surface area contributed by atoms with Crippen LogP contribution >= 0.6 is 34.9 Å². The number of nitrogens with zero attached hydrogens (tertiary/aromatic N) is 1. The smallest absolute Gasteiger partial charge is 0.267 e. The van der Waals surface area contributed by atoms with Crippen molar-refractivity contribution >= 4 is 72.9 Å². The second kappa shape index (κ2) is 8.35. The van der Waals surface area contributed by atoms with E-state index in [0.29, 0.717) is 16.4 Å². The van der Waals surface area contributed by atoms with E-state index in [0.717, 1.165) is 22.3 Å². The second-order valence-electron chi connectivity index (χ2n) is 5.39. The van der Waals surface area contributed by atoms with Crippen LogP contribution in [0.4, 0.5) is 10.8 Å². The van der Waals surface area contributed by atoms with E-state index in [1.165, 1.54) is 22.7 Å². The van der Waals surface area contributed by atoms with Gasteiger partial charge in [0.15, 0.2) is 10.2 Å². The number of fused-ring (bicyclic) bond motifs is 1. The van der Waals surface area contributed by atoms with Crippen molar-refractivity contribution in [2.24, 2.45) is 0 Å². The zero-order valence-corrected chi connectivity index (χ0v) is 16.3. The third-order valence-corrected chi connectivity index (χ3v) is 5.35. The lowest BCUT2D eigenvalue weighted by Gasteiger charge is -2.08. The molecule has 0 radical (unpaired) electrons. The van der Waals surface area contributed by atoms with Crippen LogP contribution < -0.4 is 16.0 Å². The summed E-state index contributed by atoms with van der Waals surface area (Å²) in [4.78, 5) is 28.7. The van der Waals surface area contributed by atoms with Crippen molar-refractivity contribution in [3.05, 3.63) is 40.6 Å². The van der Waals surface area contributed by atoms with Gasteiger partial charge in [-0.25, -0.2) is 4.98 Å². The van der Waals surface area contributed by atoms with Crippen LogP contribution in [0, 0.1) is 0 Å². The molecular formula is C17H16N4O2S3. The molecule has 0 aliphatic heterocycles. The van der Waals surface area contributed by atoms with Crippen molar-refractivity contribution in [2.45, 2.75) is 19.8 Å². The number of rotatable bonds is 5. The lowest BCUT2D eigenvalue weighted by Crippen LogP contribution is -2.33. The normalized spacial score (nSPS) is 10.5. The number of anilines is 2. The van der Waals surface area contributed by atoms with Gasteiger partial charge in [0, 0.05) is 12.1 Å². The van der Waals surface area contributed by atoms with Crippen molar-refractivity contribution in [1.29, 1.82) is 0 Å². The molecule has 0 atom stereocenters. The van der Waals surface area contributed by atoms with Crippen molar-refractivity contribution in [3.63, 3.8) is 0 Å². The van der Waals surface area contributed by atoms with Gasteiger partial charge >= 0.3 is 0 Å². The summed E-state index contributed by atoms with van der Waals surface area (Å²) in [7, 11) is 0. The molecule has 0 aliphatic rings. The Morgan fingerprint density at radius 3 is 2.81 bits per heavy atom. The van der Waals surface area contributed by atoms with Crippen LogP contribution in [-0.4, -0.2) is 21.9 Å².